The van der Waals surface area contributed by atoms with Crippen LogP contribution in [-0.4, -0.2) is 37.4 Å². The molecule has 3 aromatic rings. The zero-order valence-corrected chi connectivity index (χ0v) is 18.4. The molecule has 0 saturated heterocycles. The van der Waals surface area contributed by atoms with Crippen LogP contribution in [0.5, 0.6) is 0 Å². The van der Waals surface area contributed by atoms with Crippen molar-refractivity contribution in [3.63, 3.8) is 0 Å². The van der Waals surface area contributed by atoms with Crippen molar-refractivity contribution in [1.82, 2.24) is 15.5 Å². The van der Waals surface area contributed by atoms with Crippen molar-refractivity contribution < 1.29 is 9.59 Å². The first kappa shape index (κ1) is 22.5. The summed E-state index contributed by atoms with van der Waals surface area (Å²) >= 11 is 6.02. The Labute approximate surface area is 188 Å². The highest BCUT2D eigenvalue weighted by Gasteiger charge is 2.12. The molecule has 0 aromatic heterocycles. The van der Waals surface area contributed by atoms with Crippen LogP contribution in [0, 0.1) is 0 Å². The summed E-state index contributed by atoms with van der Waals surface area (Å²) in [6.45, 7) is 1.14. The lowest BCUT2D eigenvalue weighted by atomic mass is 9.98. The summed E-state index contributed by atoms with van der Waals surface area (Å²) < 4.78 is 0. The molecule has 0 aliphatic carbocycles. The zero-order chi connectivity index (χ0) is 22.2. The average Bonchev–Trinajstić information content (AvgIpc) is 2.77. The summed E-state index contributed by atoms with van der Waals surface area (Å²) in [7, 11) is 4.09. The molecule has 160 valence electrons. The van der Waals surface area contributed by atoms with Crippen molar-refractivity contribution in [1.29, 1.82) is 0 Å². The molecular weight excluding hydrogens is 410 g/mol. The van der Waals surface area contributed by atoms with E-state index in [1.54, 1.807) is 24.3 Å². The Hall–Kier alpha value is -3.15. The Kier molecular flexibility index (Phi) is 7.82. The van der Waals surface area contributed by atoms with E-state index in [1.807, 2.05) is 38.4 Å². The van der Waals surface area contributed by atoms with Gasteiger partial charge in [-0.1, -0.05) is 72.3 Å². The summed E-state index contributed by atoms with van der Waals surface area (Å²) in [4.78, 5) is 26.6. The van der Waals surface area contributed by atoms with Gasteiger partial charge < -0.3 is 15.5 Å². The van der Waals surface area contributed by atoms with E-state index in [2.05, 4.69) is 39.8 Å². The first-order chi connectivity index (χ1) is 14.9. The number of carbonyl (C=O) groups excluding carboxylic acids is 2. The van der Waals surface area contributed by atoms with Crippen LogP contribution in [0.2, 0.25) is 5.02 Å². The van der Waals surface area contributed by atoms with Gasteiger partial charge >= 0.3 is 0 Å². The number of hydrogen-bond acceptors (Lipinski definition) is 3. The summed E-state index contributed by atoms with van der Waals surface area (Å²) in [6.07, 6.45) is 0. The van der Waals surface area contributed by atoms with E-state index in [4.69, 9.17) is 11.6 Å². The lowest BCUT2D eigenvalue weighted by Crippen LogP contribution is -2.36. The minimum absolute atomic E-state index is 0.120. The number of rotatable bonds is 8. The summed E-state index contributed by atoms with van der Waals surface area (Å²) in [6, 6.07) is 23.1. The van der Waals surface area contributed by atoms with Crippen LogP contribution in [0.25, 0.3) is 11.1 Å². The Morgan fingerprint density at radius 1 is 0.871 bits per heavy atom. The fourth-order valence-corrected chi connectivity index (χ4v) is 3.49. The Balaban J connectivity index is 1.59. The molecule has 5 nitrogen and oxygen atoms in total. The van der Waals surface area contributed by atoms with Gasteiger partial charge in [0.1, 0.15) is 0 Å². The monoisotopic (exact) mass is 435 g/mol. The lowest BCUT2D eigenvalue weighted by molar-refractivity contribution is -0.120. The van der Waals surface area contributed by atoms with Crippen LogP contribution in [0.1, 0.15) is 21.5 Å². The van der Waals surface area contributed by atoms with E-state index >= 15 is 0 Å². The zero-order valence-electron chi connectivity index (χ0n) is 17.7. The third kappa shape index (κ3) is 6.41. The normalized spacial score (nSPS) is 10.7. The van der Waals surface area contributed by atoms with E-state index < -0.39 is 0 Å². The van der Waals surface area contributed by atoms with Crippen LogP contribution in [0.15, 0.2) is 72.8 Å². The molecule has 6 heteroatoms. The Morgan fingerprint density at radius 3 is 2.26 bits per heavy atom. The van der Waals surface area contributed by atoms with Gasteiger partial charge in [0.15, 0.2) is 0 Å². The number of benzene rings is 3. The van der Waals surface area contributed by atoms with Gasteiger partial charge in [-0.25, -0.2) is 0 Å². The second-order valence-electron chi connectivity index (χ2n) is 7.53. The average molecular weight is 436 g/mol. The summed E-state index contributed by atoms with van der Waals surface area (Å²) in [5.41, 5.74) is 4.76. The molecule has 0 atom stereocenters. The minimum Gasteiger partial charge on any atom is -0.350 e. The molecule has 31 heavy (non-hydrogen) atoms. The van der Waals surface area contributed by atoms with Crippen molar-refractivity contribution in [3.8, 4) is 11.1 Å². The second-order valence-corrected chi connectivity index (χ2v) is 7.94. The SMILES string of the molecule is CN(C)Cc1ccc(-c2ccccc2CNC(=O)CNC(=O)c2ccccc2Cl)cc1. The third-order valence-electron chi connectivity index (χ3n) is 4.79. The third-order valence-corrected chi connectivity index (χ3v) is 5.11. The van der Waals surface area contributed by atoms with Gasteiger partial charge in [0.05, 0.1) is 17.1 Å². The smallest absolute Gasteiger partial charge is 0.253 e. The van der Waals surface area contributed by atoms with Gasteiger partial charge in [0, 0.05) is 13.1 Å². The quantitative estimate of drug-likeness (QED) is 0.559. The minimum atomic E-state index is -0.376. The number of nitrogens with zero attached hydrogens (tertiary/aromatic N) is 1. The van der Waals surface area contributed by atoms with Crippen LogP contribution < -0.4 is 10.6 Å². The molecule has 0 heterocycles. The number of hydrogen-bond donors (Lipinski definition) is 2. The van der Waals surface area contributed by atoms with Gasteiger partial charge in [-0.05, 0) is 48.5 Å². The molecular formula is C25H26ClN3O2. The van der Waals surface area contributed by atoms with E-state index in [-0.39, 0.29) is 18.4 Å². The molecule has 2 amide bonds. The van der Waals surface area contributed by atoms with E-state index in [9.17, 15) is 9.59 Å². The van der Waals surface area contributed by atoms with Crippen LogP contribution in [0.4, 0.5) is 0 Å². The Morgan fingerprint density at radius 2 is 1.55 bits per heavy atom. The van der Waals surface area contributed by atoms with Crippen molar-refractivity contribution in [3.05, 3.63) is 94.5 Å². The maximum atomic E-state index is 12.3. The largest absolute Gasteiger partial charge is 0.350 e. The van der Waals surface area contributed by atoms with Gasteiger partial charge in [0.25, 0.3) is 5.91 Å². The van der Waals surface area contributed by atoms with E-state index in [1.165, 1.54) is 5.56 Å². The maximum Gasteiger partial charge on any atom is 0.253 e. The van der Waals surface area contributed by atoms with Crippen LogP contribution in [0.3, 0.4) is 0 Å². The molecule has 0 radical (unpaired) electrons. The number of nitrogens with one attached hydrogen (secondary N) is 2. The van der Waals surface area contributed by atoms with Gasteiger partial charge in [-0.2, -0.15) is 0 Å². The van der Waals surface area contributed by atoms with E-state index in [0.29, 0.717) is 17.1 Å². The van der Waals surface area contributed by atoms with Crippen molar-refractivity contribution in [2.45, 2.75) is 13.1 Å². The van der Waals surface area contributed by atoms with Gasteiger partial charge in [0.2, 0.25) is 5.91 Å². The highest BCUT2D eigenvalue weighted by molar-refractivity contribution is 6.33. The van der Waals surface area contributed by atoms with Crippen molar-refractivity contribution in [2.24, 2.45) is 0 Å². The topological polar surface area (TPSA) is 61.4 Å². The predicted molar refractivity (Wildman–Crippen MR) is 125 cm³/mol. The van der Waals surface area contributed by atoms with Crippen molar-refractivity contribution in [2.75, 3.05) is 20.6 Å². The van der Waals surface area contributed by atoms with Crippen LogP contribution in [-0.2, 0) is 17.9 Å². The highest BCUT2D eigenvalue weighted by Crippen LogP contribution is 2.24. The fraction of sp³-hybridized carbons (Fsp3) is 0.200. The van der Waals surface area contributed by atoms with Gasteiger partial charge in [-0.15, -0.1) is 0 Å². The molecule has 0 spiro atoms. The molecule has 0 saturated carbocycles. The molecule has 0 fully saturated rings. The summed E-state index contributed by atoms with van der Waals surface area (Å²) in [5, 5.41) is 5.83. The molecule has 0 unspecified atom stereocenters. The van der Waals surface area contributed by atoms with E-state index in [0.717, 1.165) is 23.2 Å². The molecule has 2 N–H and O–H groups in total. The standard InChI is InChI=1S/C25H26ClN3O2/c1-29(2)17-18-11-13-19(14-12-18)21-8-4-3-7-20(21)15-27-24(30)16-28-25(31)22-9-5-6-10-23(22)26/h3-14H,15-17H2,1-2H3,(H,27,30)(H,28,31). The number of carbonyl (C=O) groups is 2. The Bertz CT molecular complexity index is 1050. The number of amides is 2. The number of halogens is 1. The first-order valence-electron chi connectivity index (χ1n) is 10.1. The van der Waals surface area contributed by atoms with Crippen molar-refractivity contribution >= 4 is 23.4 Å². The van der Waals surface area contributed by atoms with Crippen LogP contribution >= 0.6 is 11.6 Å². The highest BCUT2D eigenvalue weighted by atomic mass is 35.5. The fourth-order valence-electron chi connectivity index (χ4n) is 3.27. The molecule has 0 aliphatic rings. The first-order valence-corrected chi connectivity index (χ1v) is 10.4. The molecule has 3 aromatic carbocycles. The predicted octanol–water partition coefficient (Wildman–Crippen LogP) is 4.11. The summed E-state index contributed by atoms with van der Waals surface area (Å²) in [5.74, 6) is -0.643. The maximum absolute atomic E-state index is 12.3. The molecule has 0 bridgehead atoms. The second kappa shape index (κ2) is 10.8. The lowest BCUT2D eigenvalue weighted by Gasteiger charge is -2.13. The molecule has 0 aliphatic heterocycles. The van der Waals surface area contributed by atoms with Gasteiger partial charge in [-0.3, -0.25) is 9.59 Å². The molecule has 3 rings (SSSR count).